The van der Waals surface area contributed by atoms with Gasteiger partial charge in [0.1, 0.15) is 11.5 Å². The molecular formula is C15H21NO2. The molecule has 0 radical (unpaired) electrons. The summed E-state index contributed by atoms with van der Waals surface area (Å²) in [6.07, 6.45) is 2.55. The van der Waals surface area contributed by atoms with Crippen molar-refractivity contribution in [3.8, 4) is 0 Å². The smallest absolute Gasteiger partial charge is 0.195 e. The second kappa shape index (κ2) is 5.01. The van der Waals surface area contributed by atoms with Gasteiger partial charge in [-0.3, -0.25) is 0 Å². The first kappa shape index (κ1) is 12.9. The van der Waals surface area contributed by atoms with Gasteiger partial charge >= 0.3 is 0 Å². The fourth-order valence-electron chi connectivity index (χ4n) is 2.37. The van der Waals surface area contributed by atoms with Crippen molar-refractivity contribution < 1.29 is 8.83 Å². The van der Waals surface area contributed by atoms with Crippen LogP contribution in [0.1, 0.15) is 61.3 Å². The number of hydrogen-bond acceptors (Lipinski definition) is 3. The third kappa shape index (κ3) is 2.50. The van der Waals surface area contributed by atoms with Gasteiger partial charge in [-0.2, -0.15) is 0 Å². The van der Waals surface area contributed by atoms with E-state index in [1.807, 2.05) is 19.9 Å². The van der Waals surface area contributed by atoms with Crippen LogP contribution in [0.2, 0.25) is 0 Å². The van der Waals surface area contributed by atoms with Gasteiger partial charge < -0.3 is 8.83 Å². The van der Waals surface area contributed by atoms with Crippen molar-refractivity contribution in [2.45, 2.75) is 52.9 Å². The van der Waals surface area contributed by atoms with Crippen LogP contribution < -0.4 is 0 Å². The van der Waals surface area contributed by atoms with Gasteiger partial charge in [-0.1, -0.05) is 20.8 Å². The average molecular weight is 247 g/mol. The first-order chi connectivity index (χ1) is 8.49. The molecule has 0 saturated heterocycles. The van der Waals surface area contributed by atoms with Gasteiger partial charge in [-0.15, -0.1) is 0 Å². The molecule has 3 nitrogen and oxygen atoms in total. The van der Waals surface area contributed by atoms with Crippen LogP contribution in [0.25, 0.3) is 0 Å². The van der Waals surface area contributed by atoms with E-state index in [0.29, 0.717) is 11.8 Å². The lowest BCUT2D eigenvalue weighted by Crippen LogP contribution is -1.99. The summed E-state index contributed by atoms with van der Waals surface area (Å²) in [5.41, 5.74) is 2.24. The standard InChI is InChI=1S/C15H21NO2/c1-9(2)15-11(4)16-14(18-15)8-10(3)13-6-7-17-12(13)5/h6-7,9-10H,8H2,1-5H3. The lowest BCUT2D eigenvalue weighted by molar-refractivity contribution is 0.426. The second-order valence-corrected chi connectivity index (χ2v) is 5.25. The summed E-state index contributed by atoms with van der Waals surface area (Å²) in [4.78, 5) is 4.51. The molecule has 0 bridgehead atoms. The molecule has 2 aromatic heterocycles. The number of nitrogens with zero attached hydrogens (tertiary/aromatic N) is 1. The lowest BCUT2D eigenvalue weighted by Gasteiger charge is -2.07. The predicted octanol–water partition coefficient (Wildman–Crippen LogP) is 4.35. The van der Waals surface area contributed by atoms with E-state index < -0.39 is 0 Å². The van der Waals surface area contributed by atoms with Gasteiger partial charge in [0.15, 0.2) is 5.89 Å². The van der Waals surface area contributed by atoms with Crippen LogP contribution in [0.3, 0.4) is 0 Å². The fraction of sp³-hybridized carbons (Fsp3) is 0.533. The Morgan fingerprint density at radius 3 is 2.44 bits per heavy atom. The molecule has 1 atom stereocenters. The van der Waals surface area contributed by atoms with Gasteiger partial charge in [0, 0.05) is 12.3 Å². The van der Waals surface area contributed by atoms with Crippen molar-refractivity contribution in [2.75, 3.05) is 0 Å². The summed E-state index contributed by atoms with van der Waals surface area (Å²) in [5.74, 6) is 3.55. The lowest BCUT2D eigenvalue weighted by atomic mass is 9.99. The number of furan rings is 1. The Balaban J connectivity index is 2.15. The zero-order chi connectivity index (χ0) is 13.3. The maximum absolute atomic E-state index is 5.84. The minimum absolute atomic E-state index is 0.363. The topological polar surface area (TPSA) is 39.2 Å². The second-order valence-electron chi connectivity index (χ2n) is 5.25. The van der Waals surface area contributed by atoms with Crippen LogP contribution >= 0.6 is 0 Å². The Bertz CT molecular complexity index is 522. The molecule has 0 aliphatic carbocycles. The molecule has 18 heavy (non-hydrogen) atoms. The molecule has 2 rings (SSSR count). The van der Waals surface area contributed by atoms with Gasteiger partial charge in [-0.05, 0) is 31.4 Å². The van der Waals surface area contributed by atoms with Crippen molar-refractivity contribution in [1.29, 1.82) is 0 Å². The van der Waals surface area contributed by atoms with E-state index in [2.05, 4.69) is 25.8 Å². The van der Waals surface area contributed by atoms with Crippen LogP contribution in [0.15, 0.2) is 21.2 Å². The molecular weight excluding hydrogens is 226 g/mol. The molecule has 0 aliphatic rings. The van der Waals surface area contributed by atoms with E-state index >= 15 is 0 Å². The molecule has 2 heterocycles. The van der Waals surface area contributed by atoms with Crippen LogP contribution in [0.4, 0.5) is 0 Å². The summed E-state index contributed by atoms with van der Waals surface area (Å²) < 4.78 is 11.2. The quantitative estimate of drug-likeness (QED) is 0.806. The Labute approximate surface area is 108 Å². The Hall–Kier alpha value is -1.51. The van der Waals surface area contributed by atoms with E-state index in [9.17, 15) is 0 Å². The normalized spacial score (nSPS) is 13.2. The predicted molar refractivity (Wildman–Crippen MR) is 70.9 cm³/mol. The van der Waals surface area contributed by atoms with E-state index in [4.69, 9.17) is 8.83 Å². The Morgan fingerprint density at radius 1 is 1.22 bits per heavy atom. The number of aryl methyl sites for hydroxylation is 2. The highest BCUT2D eigenvalue weighted by atomic mass is 16.4. The summed E-state index contributed by atoms with van der Waals surface area (Å²) in [6, 6.07) is 2.03. The third-order valence-corrected chi connectivity index (χ3v) is 3.31. The van der Waals surface area contributed by atoms with Crippen molar-refractivity contribution in [3.05, 3.63) is 41.0 Å². The fourth-order valence-corrected chi connectivity index (χ4v) is 2.37. The highest BCUT2D eigenvalue weighted by molar-refractivity contribution is 5.21. The van der Waals surface area contributed by atoms with Crippen LogP contribution in [-0.2, 0) is 6.42 Å². The largest absolute Gasteiger partial charge is 0.469 e. The number of hydrogen-bond donors (Lipinski definition) is 0. The first-order valence-electron chi connectivity index (χ1n) is 6.49. The van der Waals surface area contributed by atoms with Gasteiger partial charge in [0.05, 0.1) is 12.0 Å². The van der Waals surface area contributed by atoms with Gasteiger partial charge in [0.2, 0.25) is 0 Å². The SMILES string of the molecule is Cc1nc(CC(C)c2ccoc2C)oc1C(C)C. The highest BCUT2D eigenvalue weighted by Crippen LogP contribution is 2.26. The molecule has 1 unspecified atom stereocenters. The van der Waals surface area contributed by atoms with Gasteiger partial charge in [-0.25, -0.2) is 4.98 Å². The molecule has 0 saturated carbocycles. The molecule has 2 aromatic rings. The highest BCUT2D eigenvalue weighted by Gasteiger charge is 2.17. The maximum atomic E-state index is 5.84. The van der Waals surface area contributed by atoms with Crippen molar-refractivity contribution in [1.82, 2.24) is 4.98 Å². The summed E-state index contributed by atoms with van der Waals surface area (Å²) in [6.45, 7) is 10.4. The average Bonchev–Trinajstić information content (AvgIpc) is 2.84. The van der Waals surface area contributed by atoms with Gasteiger partial charge in [0.25, 0.3) is 0 Å². The molecule has 0 N–H and O–H groups in total. The minimum Gasteiger partial charge on any atom is -0.469 e. The van der Waals surface area contributed by atoms with Crippen molar-refractivity contribution in [3.63, 3.8) is 0 Å². The molecule has 0 amide bonds. The maximum Gasteiger partial charge on any atom is 0.195 e. The van der Waals surface area contributed by atoms with E-state index in [-0.39, 0.29) is 0 Å². The summed E-state index contributed by atoms with van der Waals surface area (Å²) >= 11 is 0. The van der Waals surface area contributed by atoms with Crippen LogP contribution in [0, 0.1) is 13.8 Å². The Kier molecular flexibility index (Phi) is 3.60. The number of aromatic nitrogens is 1. The van der Waals surface area contributed by atoms with E-state index in [1.165, 1.54) is 5.56 Å². The zero-order valence-electron chi connectivity index (χ0n) is 11.8. The van der Waals surface area contributed by atoms with Crippen LogP contribution in [0.5, 0.6) is 0 Å². The molecule has 98 valence electrons. The molecule has 3 heteroatoms. The first-order valence-corrected chi connectivity index (χ1v) is 6.49. The monoisotopic (exact) mass is 247 g/mol. The molecule has 0 fully saturated rings. The van der Waals surface area contributed by atoms with Crippen LogP contribution in [-0.4, -0.2) is 4.98 Å². The van der Waals surface area contributed by atoms with E-state index in [0.717, 1.165) is 29.5 Å². The molecule has 0 aromatic carbocycles. The molecule has 0 aliphatic heterocycles. The third-order valence-electron chi connectivity index (χ3n) is 3.31. The number of rotatable bonds is 4. The Morgan fingerprint density at radius 2 is 1.94 bits per heavy atom. The minimum atomic E-state index is 0.363. The zero-order valence-corrected chi connectivity index (χ0v) is 11.8. The van der Waals surface area contributed by atoms with Crippen molar-refractivity contribution >= 4 is 0 Å². The molecule has 0 spiro atoms. The van der Waals surface area contributed by atoms with Crippen molar-refractivity contribution in [2.24, 2.45) is 0 Å². The number of oxazole rings is 1. The summed E-state index contributed by atoms with van der Waals surface area (Å²) in [7, 11) is 0. The van der Waals surface area contributed by atoms with E-state index in [1.54, 1.807) is 6.26 Å². The summed E-state index contributed by atoms with van der Waals surface area (Å²) in [5, 5.41) is 0.